The number of ether oxygens (including phenoxy) is 5. The van der Waals surface area contributed by atoms with Crippen LogP contribution in [0, 0.1) is 18.3 Å². The first-order valence-corrected chi connectivity index (χ1v) is 23.9. The van der Waals surface area contributed by atoms with E-state index in [-0.39, 0.29) is 32.9 Å². The Morgan fingerprint density at radius 3 is 2.59 bits per heavy atom. The summed E-state index contributed by atoms with van der Waals surface area (Å²) in [5, 5.41) is 32.2. The molecule has 358 valence electrons. The number of halogens is 1. The van der Waals surface area contributed by atoms with Crippen LogP contribution in [0.15, 0.2) is 128 Å². The third-order valence-electron chi connectivity index (χ3n) is 12.7. The zero-order valence-corrected chi connectivity index (χ0v) is 39.7. The van der Waals surface area contributed by atoms with Gasteiger partial charge in [0.15, 0.2) is 11.5 Å². The molecule has 15 heteroatoms. The van der Waals surface area contributed by atoms with Gasteiger partial charge in [-0.25, -0.2) is 0 Å². The molecule has 0 fully saturated rings. The molecule has 71 heavy (non-hydrogen) atoms. The van der Waals surface area contributed by atoms with E-state index in [4.69, 9.17) is 40.4 Å². The molecule has 0 radical (unpaired) electrons. The van der Waals surface area contributed by atoms with E-state index in [0.717, 1.165) is 92.1 Å². The van der Waals surface area contributed by atoms with E-state index in [1.54, 1.807) is 42.7 Å². The van der Waals surface area contributed by atoms with Crippen molar-refractivity contribution in [2.75, 3.05) is 33.0 Å². The minimum atomic E-state index is -0.959. The van der Waals surface area contributed by atoms with Gasteiger partial charge in [0.2, 0.25) is 5.91 Å². The second-order valence-corrected chi connectivity index (χ2v) is 17.6. The van der Waals surface area contributed by atoms with Gasteiger partial charge in [-0.3, -0.25) is 24.8 Å². The molecule has 3 aromatic heterocycles. The largest absolute Gasteiger partial charge is 0.492 e. The maximum Gasteiger partial charge on any atom is 0.239 e. The van der Waals surface area contributed by atoms with Crippen molar-refractivity contribution in [2.45, 2.75) is 52.1 Å². The molecule has 3 N–H and O–H groups in total. The highest BCUT2D eigenvalue weighted by Crippen LogP contribution is 2.41. The van der Waals surface area contributed by atoms with E-state index in [9.17, 15) is 15.2 Å². The number of aryl methyl sites for hydroxylation is 1. The number of pyridine rings is 2. The lowest BCUT2D eigenvalue weighted by atomic mass is 9.96. The Labute approximate surface area is 415 Å². The first kappa shape index (κ1) is 46.8. The molecule has 2 aliphatic rings. The fourth-order valence-corrected chi connectivity index (χ4v) is 9.28. The SMILES string of the molecule is Cc1c(COc2cc(OCc3cccc(C#N)c3)c(CN[C@@H](CO)C(=O)NCCOc3ccc4c(-c5c(-c6ccccn6)nn6c5CCC6)ccnc4c3)cc2Cl)cccc1-c1ccc2c(c1)OCCO2. The van der Waals surface area contributed by atoms with Gasteiger partial charge in [0.05, 0.1) is 41.0 Å². The monoisotopic (exact) mass is 967 g/mol. The average molecular weight is 969 g/mol. The van der Waals surface area contributed by atoms with Crippen LogP contribution in [0.1, 0.15) is 39.9 Å². The van der Waals surface area contributed by atoms with Crippen LogP contribution in [0.25, 0.3) is 44.5 Å². The zero-order chi connectivity index (χ0) is 48.7. The number of nitrogens with one attached hydrogen (secondary N) is 2. The molecule has 2 aliphatic heterocycles. The zero-order valence-electron chi connectivity index (χ0n) is 39.0. The summed E-state index contributed by atoms with van der Waals surface area (Å²) in [6, 6.07) is 37.5. The van der Waals surface area contributed by atoms with Crippen molar-refractivity contribution in [2.24, 2.45) is 0 Å². The Morgan fingerprint density at radius 2 is 1.73 bits per heavy atom. The smallest absolute Gasteiger partial charge is 0.239 e. The van der Waals surface area contributed by atoms with E-state index in [2.05, 4.69) is 44.3 Å². The first-order valence-electron chi connectivity index (χ1n) is 23.5. The lowest BCUT2D eigenvalue weighted by Gasteiger charge is -2.20. The van der Waals surface area contributed by atoms with Crippen molar-refractivity contribution in [3.63, 3.8) is 0 Å². The summed E-state index contributed by atoms with van der Waals surface area (Å²) < 4.78 is 32.5. The lowest BCUT2D eigenvalue weighted by molar-refractivity contribution is -0.124. The van der Waals surface area contributed by atoms with Gasteiger partial charge in [-0.1, -0.05) is 54.1 Å². The number of carbonyl (C=O) groups excluding carboxylic acids is 1. The Hall–Kier alpha value is -7.96. The van der Waals surface area contributed by atoms with E-state index in [1.165, 1.54) is 5.69 Å². The molecule has 0 spiro atoms. The van der Waals surface area contributed by atoms with Crippen LogP contribution in [-0.2, 0) is 37.5 Å². The van der Waals surface area contributed by atoms with Gasteiger partial charge in [0.25, 0.3) is 0 Å². The molecule has 8 aromatic rings. The van der Waals surface area contributed by atoms with Gasteiger partial charge in [0, 0.05) is 59.8 Å². The predicted molar refractivity (Wildman–Crippen MR) is 270 cm³/mol. The van der Waals surface area contributed by atoms with E-state index in [0.29, 0.717) is 46.6 Å². The number of nitriles is 1. The summed E-state index contributed by atoms with van der Waals surface area (Å²) >= 11 is 6.90. The molecule has 0 saturated heterocycles. The van der Waals surface area contributed by atoms with Crippen molar-refractivity contribution < 1.29 is 33.6 Å². The standard InChI is InChI=1S/C56H50ClN7O7/c1-35-39(9-5-10-42(35)38-13-16-50-53(27-38)69-24-23-68-50)34-71-52-29-51(70-33-37-8-4-7-36(25-37)30-58)40(26-45(52)57)31-62-48(32-65)56(66)61-20-22-67-41-14-15-43-44(17-19-60-47(43)28-41)54-49-12-6-21-64(49)63-55(54)46-11-2-3-18-59-46/h2-5,7-11,13-19,25-29,48,62,65H,6,12,20-24,31-34H2,1H3,(H,61,66)/t48-/m0/s1. The fraction of sp³-hybridized carbons (Fsp3) is 0.232. The third-order valence-corrected chi connectivity index (χ3v) is 13.0. The number of aromatic nitrogens is 4. The highest BCUT2D eigenvalue weighted by atomic mass is 35.5. The van der Waals surface area contributed by atoms with Crippen LogP contribution in [0.2, 0.25) is 5.02 Å². The minimum absolute atomic E-state index is 0.122. The van der Waals surface area contributed by atoms with Gasteiger partial charge >= 0.3 is 0 Å². The Morgan fingerprint density at radius 1 is 0.859 bits per heavy atom. The summed E-state index contributed by atoms with van der Waals surface area (Å²) in [6.45, 7) is 4.35. The number of aliphatic hydroxyl groups is 1. The number of rotatable bonds is 18. The minimum Gasteiger partial charge on any atom is -0.492 e. The van der Waals surface area contributed by atoms with Gasteiger partial charge in [-0.15, -0.1) is 0 Å². The number of hydrogen-bond acceptors (Lipinski definition) is 12. The van der Waals surface area contributed by atoms with Crippen LogP contribution in [0.4, 0.5) is 0 Å². The molecule has 0 unspecified atom stereocenters. The van der Waals surface area contributed by atoms with Crippen LogP contribution in [0.3, 0.4) is 0 Å². The molecule has 5 aromatic carbocycles. The molecule has 1 atom stereocenters. The summed E-state index contributed by atoms with van der Waals surface area (Å²) in [5.41, 5.74) is 11.7. The highest BCUT2D eigenvalue weighted by molar-refractivity contribution is 6.32. The van der Waals surface area contributed by atoms with Gasteiger partial charge in [0.1, 0.15) is 62.0 Å². The van der Waals surface area contributed by atoms with Crippen molar-refractivity contribution in [1.29, 1.82) is 5.26 Å². The number of benzene rings is 5. The van der Waals surface area contributed by atoms with Gasteiger partial charge < -0.3 is 34.1 Å². The maximum atomic E-state index is 13.4. The lowest BCUT2D eigenvalue weighted by Crippen LogP contribution is -2.47. The van der Waals surface area contributed by atoms with Gasteiger partial charge in [-0.05, 0) is 114 Å². The second-order valence-electron chi connectivity index (χ2n) is 17.2. The molecule has 14 nitrogen and oxygen atoms in total. The second kappa shape index (κ2) is 21.4. The van der Waals surface area contributed by atoms with Gasteiger partial charge in [-0.2, -0.15) is 10.4 Å². The molecule has 5 heterocycles. The highest BCUT2D eigenvalue weighted by Gasteiger charge is 2.26. The fourth-order valence-electron chi connectivity index (χ4n) is 9.04. The molecule has 0 saturated carbocycles. The number of amides is 1. The molecule has 10 rings (SSSR count). The number of hydrogen-bond donors (Lipinski definition) is 3. The van der Waals surface area contributed by atoms with E-state index < -0.39 is 18.6 Å². The Balaban J connectivity index is 0.789. The third kappa shape index (κ3) is 10.3. The topological polar surface area (TPSA) is 175 Å². The summed E-state index contributed by atoms with van der Waals surface area (Å²) in [7, 11) is 0. The number of aliphatic hydroxyl groups excluding tert-OH is 1. The predicted octanol–water partition coefficient (Wildman–Crippen LogP) is 9.18. The molecule has 0 bridgehead atoms. The van der Waals surface area contributed by atoms with Crippen molar-refractivity contribution in [3.05, 3.63) is 166 Å². The first-order chi connectivity index (χ1) is 34.8. The van der Waals surface area contributed by atoms with E-state index in [1.807, 2.05) is 78.9 Å². The van der Waals surface area contributed by atoms with Crippen molar-refractivity contribution in [1.82, 2.24) is 30.4 Å². The number of carbonyl (C=O) groups is 1. The Bertz CT molecular complexity index is 3280. The van der Waals surface area contributed by atoms with Crippen LogP contribution in [-0.4, -0.2) is 69.8 Å². The number of fused-ring (bicyclic) bond motifs is 3. The summed E-state index contributed by atoms with van der Waals surface area (Å²) in [5.74, 6) is 2.50. The molecular weight excluding hydrogens is 918 g/mol. The molecule has 0 aliphatic carbocycles. The van der Waals surface area contributed by atoms with Crippen LogP contribution >= 0.6 is 11.6 Å². The number of nitrogens with zero attached hydrogens (tertiary/aromatic N) is 5. The van der Waals surface area contributed by atoms with E-state index >= 15 is 0 Å². The van der Waals surface area contributed by atoms with Crippen molar-refractivity contribution in [3.8, 4) is 68.5 Å². The summed E-state index contributed by atoms with van der Waals surface area (Å²) in [4.78, 5) is 22.7. The Kier molecular flexibility index (Phi) is 14.1. The summed E-state index contributed by atoms with van der Waals surface area (Å²) in [6.07, 6.45) is 5.57. The molecular formula is C56H50ClN7O7. The van der Waals surface area contributed by atoms with Crippen molar-refractivity contribution >= 4 is 28.4 Å². The normalized spacial score (nSPS) is 13.0. The molecule has 1 amide bonds. The maximum absolute atomic E-state index is 13.4. The van der Waals surface area contributed by atoms with Crippen LogP contribution in [0.5, 0.6) is 28.7 Å². The average Bonchev–Trinajstić information content (AvgIpc) is 4.02. The van der Waals surface area contributed by atoms with Crippen LogP contribution < -0.4 is 34.3 Å². The quantitative estimate of drug-likeness (QED) is 0.0697.